The van der Waals surface area contributed by atoms with E-state index in [1.807, 2.05) is 0 Å². The SMILES string of the molecule is COc1cc(C(=O)NCCc2ccc(N3CCN(C)CC3)cc2)c([N+](=O)[O-])cc1OC. The monoisotopic (exact) mass is 428 g/mol. The molecule has 31 heavy (non-hydrogen) atoms. The minimum absolute atomic E-state index is 0.0620. The number of rotatable bonds is 8. The van der Waals surface area contributed by atoms with Crippen molar-refractivity contribution < 1.29 is 19.2 Å². The standard InChI is InChI=1S/C22H28N4O5/c1-24-10-12-25(13-11-24)17-6-4-16(5-7-17)8-9-23-22(27)18-14-20(30-2)21(31-3)15-19(18)26(28)29/h4-7,14-15H,8-13H2,1-3H3,(H,23,27). The normalized spacial score (nSPS) is 14.2. The Hall–Kier alpha value is -3.33. The quantitative estimate of drug-likeness (QED) is 0.509. The highest BCUT2D eigenvalue weighted by Crippen LogP contribution is 2.34. The second-order valence-corrected chi connectivity index (χ2v) is 7.44. The minimum Gasteiger partial charge on any atom is -0.493 e. The predicted octanol–water partition coefficient (Wildman–Crippen LogP) is 2.34. The first-order valence-corrected chi connectivity index (χ1v) is 10.1. The summed E-state index contributed by atoms with van der Waals surface area (Å²) in [6.45, 7) is 4.48. The van der Waals surface area contributed by atoms with Gasteiger partial charge in [-0.05, 0) is 31.2 Å². The third kappa shape index (κ3) is 5.43. The van der Waals surface area contributed by atoms with Gasteiger partial charge in [0, 0.05) is 44.5 Å². The van der Waals surface area contributed by atoms with Crippen LogP contribution in [0.5, 0.6) is 11.5 Å². The molecule has 1 saturated heterocycles. The van der Waals surface area contributed by atoms with Crippen molar-refractivity contribution in [2.45, 2.75) is 6.42 Å². The van der Waals surface area contributed by atoms with E-state index < -0.39 is 10.8 Å². The average Bonchev–Trinajstić information content (AvgIpc) is 2.79. The van der Waals surface area contributed by atoms with Crippen LogP contribution in [-0.4, -0.2) is 69.7 Å². The summed E-state index contributed by atoms with van der Waals surface area (Å²) in [5.74, 6) is -0.0642. The smallest absolute Gasteiger partial charge is 0.286 e. The van der Waals surface area contributed by atoms with Crippen LogP contribution in [0.1, 0.15) is 15.9 Å². The van der Waals surface area contributed by atoms with Crippen LogP contribution in [0.2, 0.25) is 0 Å². The molecule has 1 heterocycles. The number of nitro groups is 1. The van der Waals surface area contributed by atoms with Gasteiger partial charge in [0.15, 0.2) is 11.5 Å². The zero-order valence-corrected chi connectivity index (χ0v) is 18.1. The fourth-order valence-corrected chi connectivity index (χ4v) is 3.55. The molecule has 9 nitrogen and oxygen atoms in total. The molecule has 0 aliphatic carbocycles. The minimum atomic E-state index is -0.603. The largest absolute Gasteiger partial charge is 0.493 e. The summed E-state index contributed by atoms with van der Waals surface area (Å²) in [7, 11) is 4.93. The number of amides is 1. The molecule has 0 bridgehead atoms. The van der Waals surface area contributed by atoms with Crippen molar-refractivity contribution >= 4 is 17.3 Å². The van der Waals surface area contributed by atoms with Gasteiger partial charge in [0.05, 0.1) is 25.2 Å². The second-order valence-electron chi connectivity index (χ2n) is 7.44. The molecule has 0 saturated carbocycles. The molecule has 0 aromatic heterocycles. The number of nitrogens with zero attached hydrogens (tertiary/aromatic N) is 3. The van der Waals surface area contributed by atoms with Crippen LogP contribution >= 0.6 is 0 Å². The molecule has 9 heteroatoms. The van der Waals surface area contributed by atoms with Crippen LogP contribution < -0.4 is 19.7 Å². The lowest BCUT2D eigenvalue weighted by Crippen LogP contribution is -2.44. The summed E-state index contributed by atoms with van der Waals surface area (Å²) in [5, 5.41) is 14.2. The number of hydrogen-bond donors (Lipinski definition) is 1. The van der Waals surface area contributed by atoms with E-state index in [4.69, 9.17) is 9.47 Å². The number of ether oxygens (including phenoxy) is 2. The lowest BCUT2D eigenvalue weighted by molar-refractivity contribution is -0.385. The molecular weight excluding hydrogens is 400 g/mol. The van der Waals surface area contributed by atoms with Gasteiger partial charge in [0.1, 0.15) is 5.56 Å². The molecule has 2 aromatic rings. The first kappa shape index (κ1) is 22.4. The Labute approximate surface area is 181 Å². The zero-order valence-electron chi connectivity index (χ0n) is 18.1. The number of methoxy groups -OCH3 is 2. The molecule has 0 radical (unpaired) electrons. The van der Waals surface area contributed by atoms with E-state index in [1.54, 1.807) is 0 Å². The molecule has 1 amide bonds. The van der Waals surface area contributed by atoms with Crippen molar-refractivity contribution in [3.8, 4) is 11.5 Å². The maximum Gasteiger partial charge on any atom is 0.286 e. The second kappa shape index (κ2) is 10.1. The number of piperazine rings is 1. The molecule has 0 unspecified atom stereocenters. The lowest BCUT2D eigenvalue weighted by atomic mass is 10.1. The summed E-state index contributed by atoms with van der Waals surface area (Å²) >= 11 is 0. The highest BCUT2D eigenvalue weighted by Gasteiger charge is 2.24. The van der Waals surface area contributed by atoms with Crippen molar-refractivity contribution in [1.82, 2.24) is 10.2 Å². The van der Waals surface area contributed by atoms with Gasteiger partial charge in [-0.2, -0.15) is 0 Å². The molecule has 1 fully saturated rings. The van der Waals surface area contributed by atoms with Gasteiger partial charge in [-0.15, -0.1) is 0 Å². The number of hydrogen-bond acceptors (Lipinski definition) is 7. The van der Waals surface area contributed by atoms with E-state index in [-0.39, 0.29) is 22.7 Å². The van der Waals surface area contributed by atoms with Crippen molar-refractivity contribution in [3.05, 3.63) is 57.6 Å². The summed E-state index contributed by atoms with van der Waals surface area (Å²) < 4.78 is 10.3. The number of nitrogens with one attached hydrogen (secondary N) is 1. The Balaban J connectivity index is 1.60. The number of anilines is 1. The molecule has 1 aliphatic rings. The summed E-state index contributed by atoms with van der Waals surface area (Å²) in [6.07, 6.45) is 0.621. The summed E-state index contributed by atoms with van der Waals surface area (Å²) in [5.41, 5.74) is 1.89. The fourth-order valence-electron chi connectivity index (χ4n) is 3.55. The first-order chi connectivity index (χ1) is 14.9. The van der Waals surface area contributed by atoms with Crippen LogP contribution in [0.4, 0.5) is 11.4 Å². The highest BCUT2D eigenvalue weighted by molar-refractivity contribution is 5.99. The summed E-state index contributed by atoms with van der Waals surface area (Å²) in [6, 6.07) is 10.8. The van der Waals surface area contributed by atoms with Gasteiger partial charge in [0.2, 0.25) is 0 Å². The summed E-state index contributed by atoms with van der Waals surface area (Å²) in [4.78, 5) is 28.1. The number of likely N-dealkylation sites (N-methyl/N-ethyl adjacent to an activating group) is 1. The molecule has 3 rings (SSSR count). The van der Waals surface area contributed by atoms with Crippen molar-refractivity contribution in [2.75, 3.05) is 58.9 Å². The molecule has 0 spiro atoms. The van der Waals surface area contributed by atoms with Gasteiger partial charge < -0.3 is 24.6 Å². The Bertz CT molecular complexity index is 924. The van der Waals surface area contributed by atoms with Crippen LogP contribution in [-0.2, 0) is 6.42 Å². The molecule has 2 aromatic carbocycles. The molecule has 166 valence electrons. The fraction of sp³-hybridized carbons (Fsp3) is 0.409. The number of carbonyl (C=O) groups is 1. The van der Waals surface area contributed by atoms with Crippen molar-refractivity contribution in [1.29, 1.82) is 0 Å². The topological polar surface area (TPSA) is 97.2 Å². The van der Waals surface area contributed by atoms with Gasteiger partial charge >= 0.3 is 0 Å². The molecule has 1 aliphatic heterocycles. The number of carbonyl (C=O) groups excluding carboxylic acids is 1. The van der Waals surface area contributed by atoms with Crippen LogP contribution in [0, 0.1) is 10.1 Å². The third-order valence-electron chi connectivity index (χ3n) is 5.45. The molecular formula is C22H28N4O5. The van der Waals surface area contributed by atoms with Gasteiger partial charge in [-0.25, -0.2) is 0 Å². The average molecular weight is 428 g/mol. The number of nitro benzene ring substituents is 1. The van der Waals surface area contributed by atoms with Crippen LogP contribution in [0.15, 0.2) is 36.4 Å². The van der Waals surface area contributed by atoms with E-state index in [0.29, 0.717) is 13.0 Å². The zero-order chi connectivity index (χ0) is 22.4. The van der Waals surface area contributed by atoms with E-state index in [0.717, 1.165) is 31.7 Å². The van der Waals surface area contributed by atoms with Crippen LogP contribution in [0.3, 0.4) is 0 Å². The van der Waals surface area contributed by atoms with Gasteiger partial charge in [0.25, 0.3) is 11.6 Å². The predicted molar refractivity (Wildman–Crippen MR) is 118 cm³/mol. The van der Waals surface area contributed by atoms with Gasteiger partial charge in [-0.3, -0.25) is 14.9 Å². The van der Waals surface area contributed by atoms with Crippen molar-refractivity contribution in [2.24, 2.45) is 0 Å². The van der Waals surface area contributed by atoms with Gasteiger partial charge in [-0.1, -0.05) is 12.1 Å². The highest BCUT2D eigenvalue weighted by atomic mass is 16.6. The Morgan fingerprint density at radius 1 is 1.06 bits per heavy atom. The molecule has 1 N–H and O–H groups in total. The lowest BCUT2D eigenvalue weighted by Gasteiger charge is -2.34. The van der Waals surface area contributed by atoms with E-state index in [1.165, 1.54) is 32.0 Å². The van der Waals surface area contributed by atoms with Crippen LogP contribution in [0.25, 0.3) is 0 Å². The maximum atomic E-state index is 12.6. The maximum absolute atomic E-state index is 12.6. The van der Waals surface area contributed by atoms with E-state index >= 15 is 0 Å². The Morgan fingerprint density at radius 3 is 2.26 bits per heavy atom. The Kier molecular flexibility index (Phi) is 7.30. The van der Waals surface area contributed by atoms with E-state index in [2.05, 4.69) is 46.4 Å². The van der Waals surface area contributed by atoms with E-state index in [9.17, 15) is 14.9 Å². The molecule has 0 atom stereocenters. The van der Waals surface area contributed by atoms with Crippen molar-refractivity contribution in [3.63, 3.8) is 0 Å². The first-order valence-electron chi connectivity index (χ1n) is 10.1. The third-order valence-corrected chi connectivity index (χ3v) is 5.45. The Morgan fingerprint density at radius 2 is 1.68 bits per heavy atom. The number of benzene rings is 2.